The summed E-state index contributed by atoms with van der Waals surface area (Å²) in [6, 6.07) is 18.0. The summed E-state index contributed by atoms with van der Waals surface area (Å²) in [4.78, 5) is 39.6. The second kappa shape index (κ2) is 9.27. The Morgan fingerprint density at radius 2 is 1.59 bits per heavy atom. The quantitative estimate of drug-likeness (QED) is 0.494. The average molecular weight is 458 g/mol. The lowest BCUT2D eigenvalue weighted by atomic mass is 10.1. The van der Waals surface area contributed by atoms with Crippen molar-refractivity contribution >= 4 is 11.6 Å². The molecule has 0 unspecified atom stereocenters. The van der Waals surface area contributed by atoms with Crippen molar-refractivity contribution < 1.29 is 9.18 Å². The third-order valence-electron chi connectivity index (χ3n) is 5.25. The molecule has 1 heterocycles. The summed E-state index contributed by atoms with van der Waals surface area (Å²) < 4.78 is 15.3. The molecule has 0 bridgehead atoms. The number of carbonyl (C=O) groups excluding carboxylic acids is 1. The summed E-state index contributed by atoms with van der Waals surface area (Å²) in [7, 11) is 0. The van der Waals surface area contributed by atoms with Crippen molar-refractivity contribution in [2.45, 2.75) is 27.3 Å². The maximum Gasteiger partial charge on any atom is 0.352 e. The number of halogens is 1. The highest BCUT2D eigenvalue weighted by Crippen LogP contribution is 2.13. The van der Waals surface area contributed by atoms with E-state index in [0.717, 1.165) is 31.5 Å². The van der Waals surface area contributed by atoms with E-state index in [-0.39, 0.29) is 6.54 Å². The van der Waals surface area contributed by atoms with Crippen LogP contribution in [0.4, 0.5) is 10.1 Å². The molecule has 1 N–H and O–H groups in total. The normalized spacial score (nSPS) is 10.8. The van der Waals surface area contributed by atoms with Crippen LogP contribution in [0, 0.1) is 26.6 Å². The summed E-state index contributed by atoms with van der Waals surface area (Å²) in [5, 5.41) is 6.69. The molecule has 0 atom stereocenters. The maximum atomic E-state index is 13.4. The van der Waals surface area contributed by atoms with E-state index in [4.69, 9.17) is 0 Å². The van der Waals surface area contributed by atoms with Gasteiger partial charge in [0, 0.05) is 5.69 Å². The molecule has 0 saturated carbocycles. The molecule has 1 aromatic heterocycles. The number of hydrogen-bond acceptors (Lipinski definition) is 4. The Morgan fingerprint density at radius 1 is 0.912 bits per heavy atom. The van der Waals surface area contributed by atoms with Crippen LogP contribution in [0.1, 0.15) is 32.7 Å². The van der Waals surface area contributed by atoms with Crippen LogP contribution in [0.5, 0.6) is 0 Å². The Balaban J connectivity index is 1.87. The smallest absolute Gasteiger partial charge is 0.320 e. The van der Waals surface area contributed by atoms with Gasteiger partial charge in [0.2, 0.25) is 5.69 Å². The minimum atomic E-state index is -0.813. The summed E-state index contributed by atoms with van der Waals surface area (Å²) in [5.74, 6) is -1.26. The number of amides is 1. The van der Waals surface area contributed by atoms with Gasteiger partial charge in [-0.25, -0.2) is 9.18 Å². The molecule has 0 radical (unpaired) electrons. The first-order valence-corrected chi connectivity index (χ1v) is 10.7. The fraction of sp³-hybridized carbons (Fsp3) is 0.154. The molecule has 0 spiro atoms. The Labute approximate surface area is 195 Å². The Kier molecular flexibility index (Phi) is 6.23. The molecule has 8 heteroatoms. The van der Waals surface area contributed by atoms with E-state index in [2.05, 4.69) is 10.4 Å². The molecular formula is C26H23FN4O3. The van der Waals surface area contributed by atoms with E-state index in [9.17, 15) is 18.8 Å². The third-order valence-corrected chi connectivity index (χ3v) is 5.25. The number of rotatable bonds is 5. The number of hydrogen-bond donors (Lipinski definition) is 1. The molecule has 0 fully saturated rings. The zero-order valence-corrected chi connectivity index (χ0v) is 19.0. The molecule has 34 heavy (non-hydrogen) atoms. The number of nitrogens with one attached hydrogen (secondary N) is 1. The summed E-state index contributed by atoms with van der Waals surface area (Å²) in [6.45, 7) is 5.65. The average Bonchev–Trinajstić information content (AvgIpc) is 2.77. The molecule has 0 aliphatic carbocycles. The number of aromatic nitrogens is 3. The van der Waals surface area contributed by atoms with E-state index in [0.29, 0.717) is 11.4 Å². The molecule has 7 nitrogen and oxygen atoms in total. The van der Waals surface area contributed by atoms with E-state index in [1.165, 1.54) is 24.3 Å². The largest absolute Gasteiger partial charge is 0.352 e. The fourth-order valence-electron chi connectivity index (χ4n) is 3.75. The first-order chi connectivity index (χ1) is 16.2. The SMILES string of the molecule is Cc1cccc(Cn2c(=O)c(C(=O)Nc3ccc(F)cc3)nn(-c3cc(C)cc(C)c3)c2=O)c1. The highest BCUT2D eigenvalue weighted by Gasteiger charge is 2.21. The van der Waals surface area contributed by atoms with Crippen molar-refractivity contribution in [3.05, 3.63) is 121 Å². The second-order valence-electron chi connectivity index (χ2n) is 8.23. The van der Waals surface area contributed by atoms with Crippen molar-refractivity contribution in [3.8, 4) is 5.69 Å². The monoisotopic (exact) mass is 458 g/mol. The minimum Gasteiger partial charge on any atom is -0.320 e. The summed E-state index contributed by atoms with van der Waals surface area (Å²) in [6.07, 6.45) is 0. The molecule has 0 aliphatic heterocycles. The number of aryl methyl sites for hydroxylation is 3. The first-order valence-electron chi connectivity index (χ1n) is 10.7. The number of anilines is 1. The van der Waals surface area contributed by atoms with Crippen molar-refractivity contribution in [2.75, 3.05) is 5.32 Å². The second-order valence-corrected chi connectivity index (χ2v) is 8.23. The van der Waals surface area contributed by atoms with E-state index >= 15 is 0 Å². The molecule has 172 valence electrons. The third kappa shape index (κ3) is 4.85. The molecule has 4 rings (SSSR count). The zero-order chi connectivity index (χ0) is 24.4. The lowest BCUT2D eigenvalue weighted by molar-refractivity contribution is 0.101. The molecule has 0 aliphatic rings. The highest BCUT2D eigenvalue weighted by atomic mass is 19.1. The predicted molar refractivity (Wildman–Crippen MR) is 128 cm³/mol. The van der Waals surface area contributed by atoms with Crippen molar-refractivity contribution in [3.63, 3.8) is 0 Å². The highest BCUT2D eigenvalue weighted by molar-refractivity contribution is 6.02. The van der Waals surface area contributed by atoms with Crippen LogP contribution in [0.15, 0.2) is 76.3 Å². The zero-order valence-electron chi connectivity index (χ0n) is 19.0. The van der Waals surface area contributed by atoms with Crippen LogP contribution in [0.2, 0.25) is 0 Å². The van der Waals surface area contributed by atoms with Crippen molar-refractivity contribution in [1.29, 1.82) is 0 Å². The summed E-state index contributed by atoms with van der Waals surface area (Å²) >= 11 is 0. The van der Waals surface area contributed by atoms with Gasteiger partial charge < -0.3 is 5.32 Å². The lowest BCUT2D eigenvalue weighted by Crippen LogP contribution is -2.45. The predicted octanol–water partition coefficient (Wildman–Crippen LogP) is 3.76. The fourth-order valence-corrected chi connectivity index (χ4v) is 3.75. The minimum absolute atomic E-state index is 0.0243. The number of nitrogens with zero attached hydrogens (tertiary/aromatic N) is 3. The standard InChI is InChI=1S/C26H23FN4O3/c1-16-5-4-6-19(12-16)15-30-25(33)23(24(32)28-21-9-7-20(27)8-10-21)29-31(26(30)34)22-13-17(2)11-18(3)14-22/h4-14H,15H2,1-3H3,(H,28,32). The van der Waals surface area contributed by atoms with Crippen molar-refractivity contribution in [1.82, 2.24) is 14.3 Å². The molecule has 0 saturated heterocycles. The van der Waals surface area contributed by atoms with Crippen LogP contribution in [0.25, 0.3) is 5.69 Å². The van der Waals surface area contributed by atoms with Gasteiger partial charge in [0.1, 0.15) is 5.82 Å². The van der Waals surface area contributed by atoms with Gasteiger partial charge in [0.15, 0.2) is 0 Å². The molecule has 4 aromatic rings. The molecule has 1 amide bonds. The lowest BCUT2D eigenvalue weighted by Gasteiger charge is -2.13. The van der Waals surface area contributed by atoms with Crippen LogP contribution in [0.3, 0.4) is 0 Å². The van der Waals surface area contributed by atoms with Crippen LogP contribution in [-0.2, 0) is 6.54 Å². The molecule has 3 aromatic carbocycles. The topological polar surface area (TPSA) is 86.0 Å². The van der Waals surface area contributed by atoms with Gasteiger partial charge in [-0.15, -0.1) is 0 Å². The maximum absolute atomic E-state index is 13.4. The Bertz CT molecular complexity index is 1480. The summed E-state index contributed by atoms with van der Waals surface area (Å²) in [5.41, 5.74) is 2.33. The van der Waals surface area contributed by atoms with Crippen LogP contribution < -0.4 is 16.6 Å². The van der Waals surface area contributed by atoms with Gasteiger partial charge in [0.25, 0.3) is 11.5 Å². The van der Waals surface area contributed by atoms with E-state index in [1.807, 2.05) is 45.0 Å². The van der Waals surface area contributed by atoms with Gasteiger partial charge in [-0.3, -0.25) is 14.2 Å². The van der Waals surface area contributed by atoms with Gasteiger partial charge in [0.05, 0.1) is 12.2 Å². The van der Waals surface area contributed by atoms with Crippen LogP contribution in [-0.4, -0.2) is 20.3 Å². The number of benzene rings is 3. The van der Waals surface area contributed by atoms with Crippen LogP contribution >= 0.6 is 0 Å². The van der Waals surface area contributed by atoms with Gasteiger partial charge >= 0.3 is 5.69 Å². The Morgan fingerprint density at radius 3 is 2.24 bits per heavy atom. The first kappa shape index (κ1) is 22.8. The van der Waals surface area contributed by atoms with Gasteiger partial charge in [-0.2, -0.15) is 9.78 Å². The molecular weight excluding hydrogens is 435 g/mol. The van der Waals surface area contributed by atoms with Gasteiger partial charge in [-0.1, -0.05) is 35.9 Å². The number of carbonyl (C=O) groups is 1. The van der Waals surface area contributed by atoms with E-state index in [1.54, 1.807) is 18.2 Å². The van der Waals surface area contributed by atoms with Gasteiger partial charge in [-0.05, 0) is 73.9 Å². The van der Waals surface area contributed by atoms with Crippen molar-refractivity contribution in [2.24, 2.45) is 0 Å². The Hall–Kier alpha value is -4.33. The van der Waals surface area contributed by atoms with E-state index < -0.39 is 28.7 Å².